The molecule has 1 aliphatic heterocycles. The van der Waals surface area contributed by atoms with Crippen LogP contribution in [0.4, 0.5) is 9.18 Å². The first-order valence-corrected chi connectivity index (χ1v) is 10.8. The van der Waals surface area contributed by atoms with E-state index in [1.54, 1.807) is 17.2 Å². The summed E-state index contributed by atoms with van der Waals surface area (Å²) in [5.74, 6) is -3.24. The molecule has 0 bridgehead atoms. The van der Waals surface area contributed by atoms with Crippen molar-refractivity contribution in [3.05, 3.63) is 57.5 Å². The molecule has 3 rings (SSSR count). The molecule has 0 saturated carbocycles. The van der Waals surface area contributed by atoms with Crippen LogP contribution in [0.2, 0.25) is 0 Å². The van der Waals surface area contributed by atoms with Crippen LogP contribution in [0.3, 0.4) is 0 Å². The standard InChI is InChI=1S/C21H22FN3O5S/c1-2-25(21(29)30-20(28)14-9-12-31-13-14)23-18(26)15-7-6-8-16(17(15)22)19(27)24-10-4-3-5-11-24/h6-9,12-13H,2-5,10-11H2,1H3,(H,23,26). The third-order valence-electron chi connectivity index (χ3n) is 4.83. The lowest BCUT2D eigenvalue weighted by Crippen LogP contribution is -2.47. The van der Waals surface area contributed by atoms with Gasteiger partial charge in [-0.3, -0.25) is 15.0 Å². The predicted molar refractivity (Wildman–Crippen MR) is 111 cm³/mol. The lowest BCUT2D eigenvalue weighted by atomic mass is 10.1. The van der Waals surface area contributed by atoms with Gasteiger partial charge in [-0.2, -0.15) is 11.3 Å². The van der Waals surface area contributed by atoms with Gasteiger partial charge in [0.05, 0.1) is 16.7 Å². The first kappa shape index (κ1) is 22.4. The summed E-state index contributed by atoms with van der Waals surface area (Å²) >= 11 is 1.26. The molecule has 0 unspecified atom stereocenters. The minimum Gasteiger partial charge on any atom is -0.371 e. The molecule has 1 aromatic heterocycles. The zero-order chi connectivity index (χ0) is 22.4. The lowest BCUT2D eigenvalue weighted by molar-refractivity contribution is 0.0469. The molecule has 1 aliphatic rings. The van der Waals surface area contributed by atoms with Crippen LogP contribution in [0.5, 0.6) is 0 Å². The number of hydrazine groups is 1. The smallest absolute Gasteiger partial charge is 0.371 e. The van der Waals surface area contributed by atoms with Crippen LogP contribution in [-0.4, -0.2) is 53.4 Å². The van der Waals surface area contributed by atoms with Gasteiger partial charge < -0.3 is 9.64 Å². The number of nitrogens with zero attached hydrogens (tertiary/aromatic N) is 2. The van der Waals surface area contributed by atoms with Gasteiger partial charge in [-0.05, 0) is 49.8 Å². The molecule has 3 amide bonds. The number of esters is 1. The molecule has 0 atom stereocenters. The molecular weight excluding hydrogens is 425 g/mol. The van der Waals surface area contributed by atoms with Crippen molar-refractivity contribution in [3.8, 4) is 0 Å². The number of piperidine rings is 1. The van der Waals surface area contributed by atoms with Crippen molar-refractivity contribution < 1.29 is 28.3 Å². The fraction of sp³-hybridized carbons (Fsp3) is 0.333. The molecule has 1 fully saturated rings. The Morgan fingerprint density at radius 1 is 1.13 bits per heavy atom. The van der Waals surface area contributed by atoms with Gasteiger partial charge in [0.2, 0.25) is 0 Å². The highest BCUT2D eigenvalue weighted by Gasteiger charge is 2.26. The van der Waals surface area contributed by atoms with E-state index in [4.69, 9.17) is 4.74 Å². The summed E-state index contributed by atoms with van der Waals surface area (Å²) in [5, 5.41) is 3.93. The van der Waals surface area contributed by atoms with E-state index in [-0.39, 0.29) is 17.7 Å². The Labute approximate surface area is 182 Å². The number of ether oxygens (including phenoxy) is 1. The highest BCUT2D eigenvalue weighted by molar-refractivity contribution is 7.08. The lowest BCUT2D eigenvalue weighted by Gasteiger charge is -2.27. The van der Waals surface area contributed by atoms with E-state index >= 15 is 0 Å². The van der Waals surface area contributed by atoms with E-state index < -0.39 is 35.3 Å². The Bertz CT molecular complexity index is 973. The Hall–Kier alpha value is -3.27. The molecule has 0 aliphatic carbocycles. The van der Waals surface area contributed by atoms with Gasteiger partial charge in [0.15, 0.2) is 0 Å². The number of carbonyl (C=O) groups excluding carboxylic acids is 4. The molecule has 164 valence electrons. The summed E-state index contributed by atoms with van der Waals surface area (Å²) in [6.45, 7) is 2.60. The summed E-state index contributed by atoms with van der Waals surface area (Å²) in [5.41, 5.74) is 1.84. The predicted octanol–water partition coefficient (Wildman–Crippen LogP) is 3.46. The van der Waals surface area contributed by atoms with E-state index in [9.17, 15) is 23.6 Å². The number of rotatable bonds is 4. The number of hydrogen-bond donors (Lipinski definition) is 1. The van der Waals surface area contributed by atoms with Gasteiger partial charge in [-0.25, -0.2) is 19.0 Å². The second kappa shape index (κ2) is 10.2. The quantitative estimate of drug-likeness (QED) is 0.440. The first-order valence-electron chi connectivity index (χ1n) is 9.87. The second-order valence-corrected chi connectivity index (χ2v) is 7.65. The zero-order valence-corrected chi connectivity index (χ0v) is 17.7. The summed E-state index contributed by atoms with van der Waals surface area (Å²) in [6.07, 6.45) is 1.62. The van der Waals surface area contributed by atoms with Crippen molar-refractivity contribution in [1.82, 2.24) is 15.3 Å². The fourth-order valence-electron chi connectivity index (χ4n) is 3.15. The van der Waals surface area contributed by atoms with Crippen LogP contribution in [0.25, 0.3) is 0 Å². The molecule has 31 heavy (non-hydrogen) atoms. The van der Waals surface area contributed by atoms with Gasteiger partial charge in [-0.1, -0.05) is 6.07 Å². The highest BCUT2D eigenvalue weighted by atomic mass is 32.1. The van der Waals surface area contributed by atoms with Gasteiger partial charge in [0, 0.05) is 25.0 Å². The van der Waals surface area contributed by atoms with Crippen molar-refractivity contribution >= 4 is 35.2 Å². The molecule has 2 aromatic rings. The van der Waals surface area contributed by atoms with Crippen molar-refractivity contribution in [2.24, 2.45) is 0 Å². The largest absolute Gasteiger partial charge is 0.436 e. The van der Waals surface area contributed by atoms with E-state index in [1.807, 2.05) is 0 Å². The third kappa shape index (κ3) is 5.26. The Kier molecular flexibility index (Phi) is 7.35. The normalized spacial score (nSPS) is 13.4. The average molecular weight is 447 g/mol. The van der Waals surface area contributed by atoms with Crippen molar-refractivity contribution in [2.75, 3.05) is 19.6 Å². The molecule has 0 spiro atoms. The molecule has 2 heterocycles. The summed E-state index contributed by atoms with van der Waals surface area (Å²) in [4.78, 5) is 51.0. The second-order valence-electron chi connectivity index (χ2n) is 6.87. The average Bonchev–Trinajstić information content (AvgIpc) is 3.32. The topological polar surface area (TPSA) is 96.0 Å². The number of carbonyl (C=O) groups is 4. The number of hydrogen-bond acceptors (Lipinski definition) is 6. The fourth-order valence-corrected chi connectivity index (χ4v) is 3.78. The van der Waals surface area contributed by atoms with Crippen LogP contribution < -0.4 is 5.43 Å². The van der Waals surface area contributed by atoms with Gasteiger partial charge in [0.25, 0.3) is 11.8 Å². The Balaban J connectivity index is 1.70. The third-order valence-corrected chi connectivity index (χ3v) is 5.51. The number of halogens is 1. The monoisotopic (exact) mass is 447 g/mol. The van der Waals surface area contributed by atoms with Crippen LogP contribution >= 0.6 is 11.3 Å². The molecular formula is C21H22FN3O5S. The minimum absolute atomic E-state index is 0.0322. The molecule has 0 radical (unpaired) electrons. The maximum Gasteiger partial charge on any atom is 0.436 e. The maximum atomic E-state index is 15.0. The highest BCUT2D eigenvalue weighted by Crippen LogP contribution is 2.18. The van der Waals surface area contributed by atoms with Crippen molar-refractivity contribution in [3.63, 3.8) is 0 Å². The molecule has 1 aromatic carbocycles. The maximum absolute atomic E-state index is 15.0. The van der Waals surface area contributed by atoms with Crippen LogP contribution in [0, 0.1) is 5.82 Å². The van der Waals surface area contributed by atoms with Crippen LogP contribution in [-0.2, 0) is 4.74 Å². The van der Waals surface area contributed by atoms with Crippen molar-refractivity contribution in [1.29, 1.82) is 0 Å². The number of benzene rings is 1. The number of nitrogens with one attached hydrogen (secondary N) is 1. The molecule has 10 heteroatoms. The van der Waals surface area contributed by atoms with E-state index in [0.29, 0.717) is 13.1 Å². The number of amides is 3. The van der Waals surface area contributed by atoms with E-state index in [2.05, 4.69) is 5.43 Å². The minimum atomic E-state index is -1.10. The SMILES string of the molecule is CCN(NC(=O)c1cccc(C(=O)N2CCCCC2)c1F)C(=O)OC(=O)c1ccsc1. The summed E-state index contributed by atoms with van der Waals surface area (Å²) in [7, 11) is 0. The Morgan fingerprint density at radius 2 is 1.84 bits per heavy atom. The molecule has 1 saturated heterocycles. The first-order chi connectivity index (χ1) is 14.9. The zero-order valence-electron chi connectivity index (χ0n) is 16.9. The summed E-state index contributed by atoms with van der Waals surface area (Å²) in [6, 6.07) is 5.45. The van der Waals surface area contributed by atoms with Crippen LogP contribution in [0.15, 0.2) is 35.0 Å². The number of likely N-dealkylation sites (tertiary alicyclic amines) is 1. The van der Waals surface area contributed by atoms with Gasteiger partial charge >= 0.3 is 12.1 Å². The van der Waals surface area contributed by atoms with Gasteiger partial charge in [0.1, 0.15) is 5.82 Å². The summed E-state index contributed by atoms with van der Waals surface area (Å²) < 4.78 is 19.7. The van der Waals surface area contributed by atoms with Gasteiger partial charge in [-0.15, -0.1) is 0 Å². The molecule has 1 N–H and O–H groups in total. The van der Waals surface area contributed by atoms with E-state index in [1.165, 1.54) is 41.0 Å². The van der Waals surface area contributed by atoms with E-state index in [0.717, 1.165) is 24.3 Å². The number of thiophene rings is 1. The molecule has 8 nitrogen and oxygen atoms in total. The van der Waals surface area contributed by atoms with Crippen LogP contribution in [0.1, 0.15) is 57.3 Å². The Morgan fingerprint density at radius 3 is 2.48 bits per heavy atom. The van der Waals surface area contributed by atoms with Crippen molar-refractivity contribution in [2.45, 2.75) is 26.2 Å².